The quantitative estimate of drug-likeness (QED) is 0.828. The second-order valence-electron chi connectivity index (χ2n) is 4.34. The van der Waals surface area contributed by atoms with Crippen LogP contribution < -0.4 is 10.6 Å². The fourth-order valence-corrected chi connectivity index (χ4v) is 1.38. The highest BCUT2D eigenvalue weighted by Crippen LogP contribution is 2.16. The van der Waals surface area contributed by atoms with Gasteiger partial charge in [-0.25, -0.2) is 4.79 Å². The Kier molecular flexibility index (Phi) is 5.16. The molecule has 0 fully saturated rings. The Labute approximate surface area is 112 Å². The van der Waals surface area contributed by atoms with Gasteiger partial charge >= 0.3 is 6.03 Å². The van der Waals surface area contributed by atoms with Crippen molar-refractivity contribution in [1.29, 1.82) is 0 Å². The van der Waals surface area contributed by atoms with Gasteiger partial charge in [0.1, 0.15) is 5.38 Å². The molecule has 0 aromatic heterocycles. The Bertz CT molecular complexity index is 427. The summed E-state index contributed by atoms with van der Waals surface area (Å²) in [5.41, 5.74) is 1.82. The summed E-state index contributed by atoms with van der Waals surface area (Å²) >= 11 is 5.54. The molecule has 0 saturated heterocycles. The number of carbonyl (C=O) groups is 2. The van der Waals surface area contributed by atoms with Crippen LogP contribution in [0.2, 0.25) is 0 Å². The zero-order valence-corrected chi connectivity index (χ0v) is 11.4. The minimum atomic E-state index is -0.737. The lowest BCUT2D eigenvalue weighted by atomic mass is 10.0. The third kappa shape index (κ3) is 4.37. The number of anilines is 1. The lowest BCUT2D eigenvalue weighted by molar-refractivity contribution is -0.119. The van der Waals surface area contributed by atoms with Crippen molar-refractivity contribution in [2.75, 3.05) is 5.32 Å². The van der Waals surface area contributed by atoms with Crippen molar-refractivity contribution in [3.05, 3.63) is 29.8 Å². The molecule has 18 heavy (non-hydrogen) atoms. The maximum absolute atomic E-state index is 11.4. The number of alkyl halides is 1. The summed E-state index contributed by atoms with van der Waals surface area (Å²) in [6.45, 7) is 5.69. The molecule has 0 bridgehead atoms. The molecule has 0 aliphatic rings. The number of imide groups is 1. The van der Waals surface area contributed by atoms with E-state index in [1.54, 1.807) is 12.1 Å². The van der Waals surface area contributed by atoms with E-state index in [1.807, 2.05) is 12.1 Å². The zero-order chi connectivity index (χ0) is 13.7. The van der Waals surface area contributed by atoms with Crippen LogP contribution in [0.25, 0.3) is 0 Å². The Morgan fingerprint density at radius 1 is 1.11 bits per heavy atom. The summed E-state index contributed by atoms with van der Waals surface area (Å²) in [4.78, 5) is 22.6. The van der Waals surface area contributed by atoms with Gasteiger partial charge in [-0.3, -0.25) is 10.1 Å². The third-order valence-corrected chi connectivity index (χ3v) is 2.63. The largest absolute Gasteiger partial charge is 0.325 e. The molecule has 1 rings (SSSR count). The predicted octanol–water partition coefficient (Wildman–Crippen LogP) is 3.09. The first-order valence-corrected chi connectivity index (χ1v) is 6.19. The summed E-state index contributed by atoms with van der Waals surface area (Å²) in [7, 11) is 0. The lowest BCUT2D eigenvalue weighted by Crippen LogP contribution is -2.38. The monoisotopic (exact) mass is 268 g/mol. The van der Waals surface area contributed by atoms with Crippen molar-refractivity contribution in [3.63, 3.8) is 0 Å². The molecule has 5 heteroatoms. The van der Waals surface area contributed by atoms with Gasteiger partial charge in [0.2, 0.25) is 5.91 Å². The van der Waals surface area contributed by atoms with E-state index in [4.69, 9.17) is 11.6 Å². The number of halogens is 1. The molecule has 1 aromatic carbocycles. The van der Waals surface area contributed by atoms with Gasteiger partial charge in [0, 0.05) is 5.69 Å². The molecule has 0 radical (unpaired) electrons. The van der Waals surface area contributed by atoms with Crippen molar-refractivity contribution in [2.24, 2.45) is 0 Å². The van der Waals surface area contributed by atoms with Crippen LogP contribution in [0.5, 0.6) is 0 Å². The first kappa shape index (κ1) is 14.5. The fraction of sp³-hybridized carbons (Fsp3) is 0.385. The number of nitrogens with one attached hydrogen (secondary N) is 2. The van der Waals surface area contributed by atoms with E-state index < -0.39 is 17.3 Å². The van der Waals surface area contributed by atoms with Crippen molar-refractivity contribution >= 4 is 29.2 Å². The summed E-state index contributed by atoms with van der Waals surface area (Å²) in [5.74, 6) is -0.0838. The second kappa shape index (κ2) is 6.40. The van der Waals surface area contributed by atoms with Crippen molar-refractivity contribution in [2.45, 2.75) is 32.1 Å². The second-order valence-corrected chi connectivity index (χ2v) is 4.99. The number of benzene rings is 1. The summed E-state index contributed by atoms with van der Waals surface area (Å²) < 4.78 is 0. The molecule has 0 aliphatic heterocycles. The van der Waals surface area contributed by atoms with Gasteiger partial charge < -0.3 is 5.32 Å². The molecule has 1 aromatic rings. The Morgan fingerprint density at radius 2 is 1.67 bits per heavy atom. The van der Waals surface area contributed by atoms with E-state index in [9.17, 15) is 9.59 Å². The Hall–Kier alpha value is -1.55. The topological polar surface area (TPSA) is 58.2 Å². The molecule has 0 heterocycles. The smallest absolute Gasteiger partial charge is 0.308 e. The average molecular weight is 269 g/mol. The number of rotatable bonds is 3. The van der Waals surface area contributed by atoms with Crippen LogP contribution in [0.15, 0.2) is 24.3 Å². The van der Waals surface area contributed by atoms with Gasteiger partial charge in [0.05, 0.1) is 0 Å². The van der Waals surface area contributed by atoms with Crippen LogP contribution in [0.1, 0.15) is 32.3 Å². The van der Waals surface area contributed by atoms with Crippen LogP contribution in [-0.4, -0.2) is 17.3 Å². The number of urea groups is 1. The third-order valence-electron chi connectivity index (χ3n) is 2.43. The van der Waals surface area contributed by atoms with Crippen LogP contribution in [0, 0.1) is 0 Å². The van der Waals surface area contributed by atoms with E-state index in [0.29, 0.717) is 11.6 Å². The maximum Gasteiger partial charge on any atom is 0.325 e. The van der Waals surface area contributed by atoms with Gasteiger partial charge in [-0.2, -0.15) is 0 Å². The highest BCUT2D eigenvalue weighted by atomic mass is 35.5. The van der Waals surface area contributed by atoms with Gasteiger partial charge in [-0.15, -0.1) is 11.6 Å². The Balaban J connectivity index is 2.57. The minimum Gasteiger partial charge on any atom is -0.308 e. The standard InChI is InChI=1S/C13H17ClN2O2/c1-8(2)10-4-6-11(7-5-10)15-13(18)16-12(17)9(3)14/h4-9H,1-3H3,(H2,15,16,17,18). The summed E-state index contributed by atoms with van der Waals surface area (Å²) in [6, 6.07) is 6.88. The predicted molar refractivity (Wildman–Crippen MR) is 73.0 cm³/mol. The number of amides is 3. The van der Waals surface area contributed by atoms with Gasteiger partial charge in [0.25, 0.3) is 0 Å². The SMILES string of the molecule is CC(Cl)C(=O)NC(=O)Nc1ccc(C(C)C)cc1. The number of hydrogen-bond donors (Lipinski definition) is 2. The maximum atomic E-state index is 11.4. The van der Waals surface area contributed by atoms with E-state index in [-0.39, 0.29) is 0 Å². The van der Waals surface area contributed by atoms with Crippen LogP contribution in [-0.2, 0) is 4.79 Å². The Morgan fingerprint density at radius 3 is 2.11 bits per heavy atom. The lowest BCUT2D eigenvalue weighted by Gasteiger charge is -2.09. The molecule has 1 unspecified atom stereocenters. The molecule has 2 N–H and O–H groups in total. The van der Waals surface area contributed by atoms with E-state index in [2.05, 4.69) is 24.5 Å². The van der Waals surface area contributed by atoms with E-state index in [0.717, 1.165) is 0 Å². The molecule has 0 saturated carbocycles. The van der Waals surface area contributed by atoms with Gasteiger partial charge in [-0.1, -0.05) is 26.0 Å². The first-order chi connectivity index (χ1) is 8.40. The molecule has 3 amide bonds. The minimum absolute atomic E-state index is 0.437. The molecule has 0 spiro atoms. The average Bonchev–Trinajstić information content (AvgIpc) is 2.29. The normalized spacial score (nSPS) is 12.1. The highest BCUT2D eigenvalue weighted by molar-refractivity contribution is 6.31. The molecule has 4 nitrogen and oxygen atoms in total. The summed E-state index contributed by atoms with van der Waals surface area (Å²) in [5, 5.41) is 3.97. The zero-order valence-electron chi connectivity index (χ0n) is 10.7. The van der Waals surface area contributed by atoms with Crippen molar-refractivity contribution in [1.82, 2.24) is 5.32 Å². The van der Waals surface area contributed by atoms with E-state index >= 15 is 0 Å². The van der Waals surface area contributed by atoms with Crippen LogP contribution in [0.4, 0.5) is 10.5 Å². The molecule has 0 aliphatic carbocycles. The molecular formula is C13H17ClN2O2. The highest BCUT2D eigenvalue weighted by Gasteiger charge is 2.12. The van der Waals surface area contributed by atoms with E-state index in [1.165, 1.54) is 12.5 Å². The number of carbonyl (C=O) groups excluding carboxylic acids is 2. The van der Waals surface area contributed by atoms with Crippen molar-refractivity contribution in [3.8, 4) is 0 Å². The van der Waals surface area contributed by atoms with Gasteiger partial charge in [-0.05, 0) is 30.5 Å². The molecule has 98 valence electrons. The first-order valence-electron chi connectivity index (χ1n) is 5.76. The molecule has 1 atom stereocenters. The number of hydrogen-bond acceptors (Lipinski definition) is 2. The van der Waals surface area contributed by atoms with Gasteiger partial charge in [0.15, 0.2) is 0 Å². The van der Waals surface area contributed by atoms with Crippen LogP contribution >= 0.6 is 11.6 Å². The fourth-order valence-electron chi connectivity index (χ4n) is 1.33. The molecular weight excluding hydrogens is 252 g/mol. The summed E-state index contributed by atoms with van der Waals surface area (Å²) in [6.07, 6.45) is 0. The van der Waals surface area contributed by atoms with Crippen LogP contribution in [0.3, 0.4) is 0 Å². The van der Waals surface area contributed by atoms with Crippen molar-refractivity contribution < 1.29 is 9.59 Å².